The lowest BCUT2D eigenvalue weighted by Gasteiger charge is -2.08. The van der Waals surface area contributed by atoms with Gasteiger partial charge in [-0.25, -0.2) is 13.8 Å². The molecular weight excluding hydrogens is 266 g/mol. The van der Waals surface area contributed by atoms with Gasteiger partial charge in [-0.2, -0.15) is 0 Å². The Morgan fingerprint density at radius 2 is 2.16 bits per heavy atom. The number of alkyl halides is 2. The summed E-state index contributed by atoms with van der Waals surface area (Å²) in [5, 5.41) is 10.9. The van der Waals surface area contributed by atoms with E-state index in [-0.39, 0.29) is 5.75 Å². The highest BCUT2D eigenvalue weighted by molar-refractivity contribution is 5.74. The Morgan fingerprint density at radius 3 is 2.58 bits per heavy atom. The Morgan fingerprint density at radius 1 is 1.53 bits per heavy atom. The topological polar surface area (TPSA) is 91.6 Å². The minimum Gasteiger partial charge on any atom is -0.490 e. The molecule has 0 aliphatic heterocycles. The fraction of sp³-hybridized carbons (Fsp3) is 0.400. The quantitative estimate of drug-likeness (QED) is 0.461. The van der Waals surface area contributed by atoms with E-state index in [4.69, 9.17) is 0 Å². The van der Waals surface area contributed by atoms with Crippen molar-refractivity contribution in [2.24, 2.45) is 0 Å². The van der Waals surface area contributed by atoms with E-state index in [0.29, 0.717) is 0 Å². The molecule has 7 nitrogen and oxygen atoms in total. The number of carbonyl (C=O) groups excluding carboxylic acids is 1. The van der Waals surface area contributed by atoms with Crippen molar-refractivity contribution in [1.29, 1.82) is 0 Å². The highest BCUT2D eigenvalue weighted by Crippen LogP contribution is 2.33. The Balaban J connectivity index is 3.41. The van der Waals surface area contributed by atoms with E-state index < -0.39 is 40.8 Å². The highest BCUT2D eigenvalue weighted by atomic mass is 19.3. The molecule has 0 saturated carbocycles. The van der Waals surface area contributed by atoms with Gasteiger partial charge in [-0.05, 0) is 0 Å². The molecule has 0 radical (unpaired) electrons. The van der Waals surface area contributed by atoms with E-state index in [0.717, 1.165) is 20.3 Å². The molecule has 0 saturated heterocycles. The lowest BCUT2D eigenvalue weighted by Crippen LogP contribution is -2.11. The highest BCUT2D eigenvalue weighted by Gasteiger charge is 2.27. The largest absolute Gasteiger partial charge is 0.490 e. The van der Waals surface area contributed by atoms with E-state index in [1.807, 2.05) is 0 Å². The van der Waals surface area contributed by atoms with E-state index in [1.54, 1.807) is 0 Å². The second-order valence-corrected chi connectivity index (χ2v) is 3.36. The zero-order chi connectivity index (χ0) is 14.6. The number of carbonyl (C=O) groups is 1. The number of nitro groups is 1. The summed E-state index contributed by atoms with van der Waals surface area (Å²) in [6.45, 7) is 0. The molecule has 0 amide bonds. The van der Waals surface area contributed by atoms with Crippen LogP contribution in [0.4, 0.5) is 14.5 Å². The van der Waals surface area contributed by atoms with E-state index in [9.17, 15) is 23.7 Å². The van der Waals surface area contributed by atoms with Crippen molar-refractivity contribution in [2.45, 2.75) is 12.8 Å². The molecule has 0 spiro atoms. The standard InChI is InChI=1S/C10H10F2N2O5/c1-18-7-3-6(10(11)12)13-5(4-8(15)19-2)9(7)14(16)17/h3,10H,4H2,1-2H3. The summed E-state index contributed by atoms with van der Waals surface area (Å²) in [7, 11) is 2.17. The number of hydrogen-bond donors (Lipinski definition) is 0. The molecule has 0 bridgehead atoms. The van der Waals surface area contributed by atoms with E-state index >= 15 is 0 Å². The maximum Gasteiger partial charge on any atom is 0.332 e. The first kappa shape index (κ1) is 14.7. The summed E-state index contributed by atoms with van der Waals surface area (Å²) in [4.78, 5) is 24.6. The van der Waals surface area contributed by atoms with Crippen LogP contribution in [0.3, 0.4) is 0 Å². The molecule has 1 aromatic heterocycles. The number of pyridine rings is 1. The first-order valence-corrected chi connectivity index (χ1v) is 4.97. The van der Waals surface area contributed by atoms with Crippen LogP contribution >= 0.6 is 0 Å². The van der Waals surface area contributed by atoms with Crippen molar-refractivity contribution < 1.29 is 28.0 Å². The minimum atomic E-state index is -2.94. The zero-order valence-corrected chi connectivity index (χ0v) is 10.1. The molecule has 1 rings (SSSR count). The van der Waals surface area contributed by atoms with E-state index in [1.165, 1.54) is 0 Å². The summed E-state index contributed by atoms with van der Waals surface area (Å²) in [6, 6.07) is 0.767. The zero-order valence-electron chi connectivity index (χ0n) is 10.1. The molecule has 1 heterocycles. The Bertz CT molecular complexity index is 507. The fourth-order valence-electron chi connectivity index (χ4n) is 1.38. The molecule has 0 aromatic carbocycles. The molecule has 0 atom stereocenters. The number of halogens is 2. The number of methoxy groups -OCH3 is 2. The van der Waals surface area contributed by atoms with Gasteiger partial charge < -0.3 is 9.47 Å². The van der Waals surface area contributed by atoms with Crippen LogP contribution in [0.15, 0.2) is 6.07 Å². The summed E-state index contributed by atoms with van der Waals surface area (Å²) in [5.41, 5.74) is -1.76. The predicted molar refractivity (Wildman–Crippen MR) is 58.1 cm³/mol. The number of nitrogens with zero attached hydrogens (tertiary/aromatic N) is 2. The molecule has 0 fully saturated rings. The Hall–Kier alpha value is -2.32. The molecule has 19 heavy (non-hydrogen) atoms. The van der Waals surface area contributed by atoms with Crippen molar-refractivity contribution >= 4 is 11.7 Å². The molecule has 0 N–H and O–H groups in total. The van der Waals surface area contributed by atoms with Gasteiger partial charge >= 0.3 is 11.7 Å². The maximum absolute atomic E-state index is 12.6. The smallest absolute Gasteiger partial charge is 0.332 e. The van der Waals surface area contributed by atoms with Gasteiger partial charge in [0.1, 0.15) is 11.4 Å². The normalized spacial score (nSPS) is 10.4. The lowest BCUT2D eigenvalue weighted by molar-refractivity contribution is -0.386. The number of ether oxygens (including phenoxy) is 2. The van der Waals surface area contributed by atoms with Gasteiger partial charge in [0.25, 0.3) is 6.43 Å². The Labute approximate surface area is 106 Å². The third-order valence-corrected chi connectivity index (χ3v) is 2.22. The molecule has 1 aromatic rings. The van der Waals surface area contributed by atoms with Gasteiger partial charge in [0.05, 0.1) is 25.6 Å². The summed E-state index contributed by atoms with van der Waals surface area (Å²) < 4.78 is 34.2. The van der Waals surface area contributed by atoms with Crippen LogP contribution in [-0.2, 0) is 16.0 Å². The molecule has 9 heteroatoms. The first-order chi connectivity index (χ1) is 8.90. The first-order valence-electron chi connectivity index (χ1n) is 4.97. The molecular formula is C10H10F2N2O5. The third-order valence-electron chi connectivity index (χ3n) is 2.22. The van der Waals surface area contributed by atoms with Gasteiger partial charge in [-0.1, -0.05) is 0 Å². The average Bonchev–Trinajstić information content (AvgIpc) is 2.36. The number of esters is 1. The minimum absolute atomic E-state index is 0.380. The van der Waals surface area contributed by atoms with Crippen molar-refractivity contribution in [3.63, 3.8) is 0 Å². The maximum atomic E-state index is 12.6. The van der Waals surface area contributed by atoms with Crippen molar-refractivity contribution in [1.82, 2.24) is 4.98 Å². The molecule has 0 aliphatic rings. The lowest BCUT2D eigenvalue weighted by atomic mass is 10.2. The Kier molecular flexibility index (Phi) is 4.67. The van der Waals surface area contributed by atoms with Gasteiger partial charge in [0.2, 0.25) is 5.75 Å². The van der Waals surface area contributed by atoms with Crippen LogP contribution in [0.5, 0.6) is 5.75 Å². The van der Waals surface area contributed by atoms with Crippen LogP contribution in [0, 0.1) is 10.1 Å². The third kappa shape index (κ3) is 3.33. The molecule has 0 aliphatic carbocycles. The predicted octanol–water partition coefficient (Wildman–Crippen LogP) is 1.65. The molecule has 104 valence electrons. The fourth-order valence-corrected chi connectivity index (χ4v) is 1.38. The van der Waals surface area contributed by atoms with E-state index in [2.05, 4.69) is 14.5 Å². The van der Waals surface area contributed by atoms with Crippen LogP contribution in [-0.4, -0.2) is 30.1 Å². The van der Waals surface area contributed by atoms with Crippen molar-refractivity contribution in [3.05, 3.63) is 27.6 Å². The average molecular weight is 276 g/mol. The second kappa shape index (κ2) is 6.03. The number of rotatable bonds is 5. The van der Waals surface area contributed by atoms with Gasteiger partial charge in [-0.15, -0.1) is 0 Å². The summed E-state index contributed by atoms with van der Waals surface area (Å²) in [5.74, 6) is -1.21. The van der Waals surface area contributed by atoms with Crippen molar-refractivity contribution in [3.8, 4) is 5.75 Å². The molecule has 0 unspecified atom stereocenters. The van der Waals surface area contributed by atoms with Crippen LogP contribution < -0.4 is 4.74 Å². The van der Waals surface area contributed by atoms with Gasteiger partial charge in [0, 0.05) is 6.07 Å². The van der Waals surface area contributed by atoms with Crippen LogP contribution in [0.2, 0.25) is 0 Å². The van der Waals surface area contributed by atoms with Crippen LogP contribution in [0.1, 0.15) is 17.8 Å². The second-order valence-electron chi connectivity index (χ2n) is 3.36. The van der Waals surface area contributed by atoms with Crippen molar-refractivity contribution in [2.75, 3.05) is 14.2 Å². The SMILES string of the molecule is COC(=O)Cc1nc(C(F)F)cc(OC)c1[N+](=O)[O-]. The van der Waals surface area contributed by atoms with Crippen LogP contribution in [0.25, 0.3) is 0 Å². The summed E-state index contributed by atoms with van der Waals surface area (Å²) >= 11 is 0. The summed E-state index contributed by atoms with van der Waals surface area (Å²) in [6.07, 6.45) is -3.53. The number of hydrogen-bond acceptors (Lipinski definition) is 6. The monoisotopic (exact) mass is 276 g/mol. The van der Waals surface area contributed by atoms with Gasteiger partial charge in [0.15, 0.2) is 0 Å². The number of aromatic nitrogens is 1. The van der Waals surface area contributed by atoms with Gasteiger partial charge in [-0.3, -0.25) is 14.9 Å².